The first-order valence-corrected chi connectivity index (χ1v) is 12.5. The van der Waals surface area contributed by atoms with Gasteiger partial charge in [-0.1, -0.05) is 44.2 Å². The molecule has 4 rings (SSSR count). The minimum atomic E-state index is -0.166. The van der Waals surface area contributed by atoms with Gasteiger partial charge in [-0.25, -0.2) is 0 Å². The molecule has 1 fully saturated rings. The quantitative estimate of drug-likeness (QED) is 0.199. The first kappa shape index (κ1) is 25.3. The molecule has 0 atom stereocenters. The lowest BCUT2D eigenvalue weighted by atomic mass is 10.1. The lowest BCUT2D eigenvalue weighted by molar-refractivity contribution is -0.122. The molecule has 0 saturated carbocycles. The molecular formula is C28H29N3O4S. The van der Waals surface area contributed by atoms with E-state index >= 15 is 0 Å². The van der Waals surface area contributed by atoms with Crippen LogP contribution >= 0.6 is 11.8 Å². The molecule has 0 N–H and O–H groups in total. The zero-order chi connectivity index (χ0) is 25.5. The number of thioether (sulfide) groups is 1. The van der Waals surface area contributed by atoms with Gasteiger partial charge in [0, 0.05) is 0 Å². The SMILES string of the molecule is COc1cc(/C=C2\S/C(=N/N=C\c3ccccc3C)N(Cc3ccco3)C2=O)ccc1OCC(C)C. The van der Waals surface area contributed by atoms with Crippen molar-refractivity contribution in [2.45, 2.75) is 27.3 Å². The van der Waals surface area contributed by atoms with Gasteiger partial charge in [0.15, 0.2) is 16.7 Å². The van der Waals surface area contributed by atoms with E-state index in [4.69, 9.17) is 13.9 Å². The summed E-state index contributed by atoms with van der Waals surface area (Å²) in [6, 6.07) is 17.2. The normalized spacial score (nSPS) is 16.1. The van der Waals surface area contributed by atoms with Crippen LogP contribution in [0.1, 0.15) is 36.3 Å². The zero-order valence-corrected chi connectivity index (χ0v) is 21.6. The number of hydrogen-bond donors (Lipinski definition) is 0. The second-order valence-electron chi connectivity index (χ2n) is 8.68. The maximum Gasteiger partial charge on any atom is 0.267 e. The van der Waals surface area contributed by atoms with Gasteiger partial charge in [-0.15, -0.1) is 5.10 Å². The molecule has 0 spiro atoms. The lowest BCUT2D eigenvalue weighted by Gasteiger charge is -2.13. The standard InChI is InChI=1S/C28H29N3O4S/c1-19(2)18-35-24-12-11-21(14-25(24)33-4)15-26-27(32)31(17-23-10-7-13-34-23)28(36-26)30-29-16-22-9-6-5-8-20(22)3/h5-16,19H,17-18H2,1-4H3/b26-15-,29-16-,30-28+. The molecule has 0 bridgehead atoms. The molecule has 186 valence electrons. The Kier molecular flexibility index (Phi) is 8.28. The highest BCUT2D eigenvalue weighted by Crippen LogP contribution is 2.35. The van der Waals surface area contributed by atoms with Crippen LogP contribution in [-0.2, 0) is 11.3 Å². The fourth-order valence-corrected chi connectivity index (χ4v) is 4.39. The minimum absolute atomic E-state index is 0.166. The Morgan fingerprint density at radius 2 is 1.94 bits per heavy atom. The molecule has 8 heteroatoms. The van der Waals surface area contributed by atoms with Crippen LogP contribution in [-0.4, -0.2) is 35.9 Å². The summed E-state index contributed by atoms with van der Waals surface area (Å²) in [5.41, 5.74) is 2.89. The van der Waals surface area contributed by atoms with E-state index in [1.165, 1.54) is 11.8 Å². The summed E-state index contributed by atoms with van der Waals surface area (Å²) in [5, 5.41) is 9.13. The van der Waals surface area contributed by atoms with Gasteiger partial charge in [-0.3, -0.25) is 9.69 Å². The molecule has 3 aromatic rings. The molecule has 36 heavy (non-hydrogen) atoms. The first-order chi connectivity index (χ1) is 17.4. The smallest absolute Gasteiger partial charge is 0.267 e. The summed E-state index contributed by atoms with van der Waals surface area (Å²) in [7, 11) is 1.60. The third-order valence-electron chi connectivity index (χ3n) is 5.37. The summed E-state index contributed by atoms with van der Waals surface area (Å²) >= 11 is 1.27. The highest BCUT2D eigenvalue weighted by molar-refractivity contribution is 8.18. The monoisotopic (exact) mass is 503 g/mol. The number of benzene rings is 2. The second kappa shape index (κ2) is 11.8. The zero-order valence-electron chi connectivity index (χ0n) is 20.8. The Balaban J connectivity index is 1.60. The van der Waals surface area contributed by atoms with Crippen molar-refractivity contribution < 1.29 is 18.7 Å². The van der Waals surface area contributed by atoms with Crippen molar-refractivity contribution in [1.29, 1.82) is 0 Å². The predicted octanol–water partition coefficient (Wildman–Crippen LogP) is 6.14. The number of carbonyl (C=O) groups is 1. The molecule has 0 unspecified atom stereocenters. The maximum atomic E-state index is 13.3. The number of aryl methyl sites for hydroxylation is 1. The molecule has 2 heterocycles. The number of carbonyl (C=O) groups excluding carboxylic acids is 1. The van der Waals surface area contributed by atoms with Crippen LogP contribution in [0.4, 0.5) is 0 Å². The second-order valence-corrected chi connectivity index (χ2v) is 9.69. The van der Waals surface area contributed by atoms with E-state index in [1.807, 2.05) is 61.5 Å². The van der Waals surface area contributed by atoms with Crippen LogP contribution < -0.4 is 9.47 Å². The van der Waals surface area contributed by atoms with Crippen molar-refractivity contribution in [2.75, 3.05) is 13.7 Å². The fraction of sp³-hybridized carbons (Fsp3) is 0.250. The van der Waals surface area contributed by atoms with Crippen LogP contribution in [0.2, 0.25) is 0 Å². The molecule has 7 nitrogen and oxygen atoms in total. The van der Waals surface area contributed by atoms with E-state index in [-0.39, 0.29) is 12.5 Å². The number of amidine groups is 1. The number of rotatable bonds is 9. The van der Waals surface area contributed by atoms with E-state index in [2.05, 4.69) is 24.1 Å². The molecule has 2 aromatic carbocycles. The highest BCUT2D eigenvalue weighted by Gasteiger charge is 2.34. The van der Waals surface area contributed by atoms with E-state index in [0.29, 0.717) is 39.9 Å². The number of nitrogens with zero attached hydrogens (tertiary/aromatic N) is 3. The molecule has 0 aliphatic carbocycles. The van der Waals surface area contributed by atoms with Gasteiger partial charge < -0.3 is 13.9 Å². The van der Waals surface area contributed by atoms with E-state index < -0.39 is 0 Å². The fourth-order valence-electron chi connectivity index (χ4n) is 3.45. The van der Waals surface area contributed by atoms with Gasteiger partial charge in [0.05, 0.1) is 37.6 Å². The number of furan rings is 1. The van der Waals surface area contributed by atoms with Gasteiger partial charge in [-0.2, -0.15) is 5.10 Å². The number of hydrogen-bond acceptors (Lipinski definition) is 7. The van der Waals surface area contributed by atoms with Crippen LogP contribution in [0.3, 0.4) is 0 Å². The molecule has 1 amide bonds. The van der Waals surface area contributed by atoms with Gasteiger partial charge in [0.1, 0.15) is 5.76 Å². The van der Waals surface area contributed by atoms with Crippen LogP contribution in [0.15, 0.2) is 80.4 Å². The largest absolute Gasteiger partial charge is 0.493 e. The summed E-state index contributed by atoms with van der Waals surface area (Å²) in [6.45, 7) is 7.05. The average molecular weight is 504 g/mol. The van der Waals surface area contributed by atoms with Crippen LogP contribution in [0.25, 0.3) is 6.08 Å². The van der Waals surface area contributed by atoms with Crippen molar-refractivity contribution in [2.24, 2.45) is 16.1 Å². The first-order valence-electron chi connectivity index (χ1n) is 11.7. The van der Waals surface area contributed by atoms with Crippen molar-refractivity contribution in [3.63, 3.8) is 0 Å². The number of amides is 1. The Labute approximate surface area is 215 Å². The van der Waals surface area contributed by atoms with E-state index in [1.54, 1.807) is 30.6 Å². The Morgan fingerprint density at radius 3 is 2.67 bits per heavy atom. The third-order valence-corrected chi connectivity index (χ3v) is 6.37. The molecule has 1 aromatic heterocycles. The molecule has 0 radical (unpaired) electrons. The topological polar surface area (TPSA) is 76.6 Å². The van der Waals surface area contributed by atoms with Gasteiger partial charge >= 0.3 is 0 Å². The van der Waals surface area contributed by atoms with Gasteiger partial charge in [0.2, 0.25) is 0 Å². The van der Waals surface area contributed by atoms with Gasteiger partial charge in [-0.05, 0) is 71.6 Å². The van der Waals surface area contributed by atoms with E-state index in [0.717, 1.165) is 16.7 Å². The Hall–Kier alpha value is -3.78. The molecular weight excluding hydrogens is 474 g/mol. The van der Waals surface area contributed by atoms with Crippen molar-refractivity contribution >= 4 is 35.1 Å². The van der Waals surface area contributed by atoms with Crippen molar-refractivity contribution in [1.82, 2.24) is 4.90 Å². The summed E-state index contributed by atoms with van der Waals surface area (Å²) in [5.74, 6) is 2.18. The summed E-state index contributed by atoms with van der Waals surface area (Å²) in [4.78, 5) is 15.4. The molecule has 1 aliphatic heterocycles. The van der Waals surface area contributed by atoms with Crippen LogP contribution in [0.5, 0.6) is 11.5 Å². The average Bonchev–Trinajstić information content (AvgIpc) is 3.48. The number of ether oxygens (including phenoxy) is 2. The van der Waals surface area contributed by atoms with Crippen molar-refractivity contribution in [3.8, 4) is 11.5 Å². The maximum absolute atomic E-state index is 13.3. The third kappa shape index (κ3) is 6.26. The van der Waals surface area contributed by atoms with E-state index in [9.17, 15) is 4.79 Å². The van der Waals surface area contributed by atoms with Crippen molar-refractivity contribution in [3.05, 3.63) is 88.2 Å². The highest BCUT2D eigenvalue weighted by atomic mass is 32.2. The minimum Gasteiger partial charge on any atom is -0.493 e. The summed E-state index contributed by atoms with van der Waals surface area (Å²) < 4.78 is 16.8. The van der Waals surface area contributed by atoms with Crippen LogP contribution in [0, 0.1) is 12.8 Å². The van der Waals surface area contributed by atoms with Gasteiger partial charge in [0.25, 0.3) is 5.91 Å². The Bertz CT molecular complexity index is 1300. The molecule has 1 aliphatic rings. The lowest BCUT2D eigenvalue weighted by Crippen LogP contribution is -2.28. The number of methoxy groups -OCH3 is 1. The predicted molar refractivity (Wildman–Crippen MR) is 144 cm³/mol. The Morgan fingerprint density at radius 1 is 1.11 bits per heavy atom. The summed E-state index contributed by atoms with van der Waals surface area (Å²) in [6.07, 6.45) is 5.10. The molecule has 1 saturated heterocycles.